The SMILES string of the molecule is Cc1c(C(=O)OC(C)(C)C)nnn1-c1nonc1N. The number of nitrogens with two attached hydrogens (primary N) is 1. The molecule has 0 radical (unpaired) electrons. The summed E-state index contributed by atoms with van der Waals surface area (Å²) >= 11 is 0. The smallest absolute Gasteiger partial charge is 0.361 e. The molecule has 9 nitrogen and oxygen atoms in total. The highest BCUT2D eigenvalue weighted by atomic mass is 16.6. The Labute approximate surface area is 108 Å². The molecule has 2 aromatic heterocycles. The minimum Gasteiger partial charge on any atom is -0.455 e. The molecule has 102 valence electrons. The van der Waals surface area contributed by atoms with Crippen LogP contribution in [-0.2, 0) is 4.74 Å². The highest BCUT2D eigenvalue weighted by Crippen LogP contribution is 2.17. The second kappa shape index (κ2) is 4.34. The Hall–Kier alpha value is -2.45. The Morgan fingerprint density at radius 3 is 2.58 bits per heavy atom. The zero-order valence-corrected chi connectivity index (χ0v) is 11.0. The Morgan fingerprint density at radius 1 is 1.37 bits per heavy atom. The first kappa shape index (κ1) is 13.0. The Balaban J connectivity index is 2.34. The van der Waals surface area contributed by atoms with Crippen LogP contribution in [0.2, 0.25) is 0 Å². The molecular formula is C10H14N6O3. The first-order chi connectivity index (χ1) is 8.79. The summed E-state index contributed by atoms with van der Waals surface area (Å²) in [6.45, 7) is 6.95. The van der Waals surface area contributed by atoms with Crippen LogP contribution >= 0.6 is 0 Å². The molecule has 2 heterocycles. The Kier molecular flexibility index (Phi) is 2.97. The Morgan fingerprint density at radius 2 is 2.05 bits per heavy atom. The molecule has 0 amide bonds. The van der Waals surface area contributed by atoms with E-state index in [0.717, 1.165) is 0 Å². The van der Waals surface area contributed by atoms with Gasteiger partial charge >= 0.3 is 5.97 Å². The van der Waals surface area contributed by atoms with Crippen LogP contribution < -0.4 is 5.73 Å². The van der Waals surface area contributed by atoms with E-state index in [-0.39, 0.29) is 17.3 Å². The number of rotatable bonds is 2. The summed E-state index contributed by atoms with van der Waals surface area (Å²) in [4.78, 5) is 11.9. The molecule has 19 heavy (non-hydrogen) atoms. The van der Waals surface area contributed by atoms with Crippen molar-refractivity contribution in [2.45, 2.75) is 33.3 Å². The van der Waals surface area contributed by atoms with Gasteiger partial charge in [0.2, 0.25) is 11.6 Å². The summed E-state index contributed by atoms with van der Waals surface area (Å²) < 4.78 is 11.0. The second-order valence-corrected chi connectivity index (χ2v) is 4.91. The number of esters is 1. The van der Waals surface area contributed by atoms with E-state index < -0.39 is 11.6 Å². The van der Waals surface area contributed by atoms with Crippen molar-refractivity contribution < 1.29 is 14.2 Å². The number of hydrogen-bond acceptors (Lipinski definition) is 8. The molecule has 0 spiro atoms. The largest absolute Gasteiger partial charge is 0.455 e. The lowest BCUT2D eigenvalue weighted by Crippen LogP contribution is -2.24. The van der Waals surface area contributed by atoms with Crippen molar-refractivity contribution in [3.05, 3.63) is 11.4 Å². The van der Waals surface area contributed by atoms with Gasteiger partial charge < -0.3 is 10.5 Å². The number of carbonyl (C=O) groups excluding carboxylic acids is 1. The van der Waals surface area contributed by atoms with Crippen molar-refractivity contribution >= 4 is 11.8 Å². The van der Waals surface area contributed by atoms with Gasteiger partial charge in [-0.3, -0.25) is 0 Å². The summed E-state index contributed by atoms with van der Waals surface area (Å²) in [5.41, 5.74) is 5.48. The third-order valence-corrected chi connectivity index (χ3v) is 2.18. The Bertz CT molecular complexity index is 609. The van der Waals surface area contributed by atoms with Crippen LogP contribution in [0.1, 0.15) is 37.0 Å². The summed E-state index contributed by atoms with van der Waals surface area (Å²) in [5, 5.41) is 14.6. The number of carbonyl (C=O) groups is 1. The van der Waals surface area contributed by atoms with Crippen LogP contribution in [0, 0.1) is 6.92 Å². The molecule has 2 N–H and O–H groups in total. The van der Waals surface area contributed by atoms with E-state index in [1.54, 1.807) is 27.7 Å². The van der Waals surface area contributed by atoms with Gasteiger partial charge in [-0.25, -0.2) is 9.42 Å². The normalized spacial score (nSPS) is 11.6. The van der Waals surface area contributed by atoms with Crippen LogP contribution in [0.25, 0.3) is 5.82 Å². The molecule has 0 saturated heterocycles. The van der Waals surface area contributed by atoms with Crippen molar-refractivity contribution in [1.29, 1.82) is 0 Å². The third kappa shape index (κ3) is 2.54. The quantitative estimate of drug-likeness (QED) is 0.779. The average Bonchev–Trinajstić information content (AvgIpc) is 2.82. The molecule has 0 atom stereocenters. The van der Waals surface area contributed by atoms with Crippen LogP contribution in [0.15, 0.2) is 4.63 Å². The average molecular weight is 266 g/mol. The summed E-state index contributed by atoms with van der Waals surface area (Å²) in [7, 11) is 0. The summed E-state index contributed by atoms with van der Waals surface area (Å²) in [6, 6.07) is 0. The third-order valence-electron chi connectivity index (χ3n) is 2.18. The fourth-order valence-electron chi connectivity index (χ4n) is 1.38. The number of anilines is 1. The van der Waals surface area contributed by atoms with Gasteiger partial charge in [-0.15, -0.1) is 5.10 Å². The van der Waals surface area contributed by atoms with E-state index in [4.69, 9.17) is 10.5 Å². The number of nitrogens with zero attached hydrogens (tertiary/aromatic N) is 5. The van der Waals surface area contributed by atoms with E-state index in [9.17, 15) is 4.79 Å². The van der Waals surface area contributed by atoms with Crippen molar-refractivity contribution in [3.8, 4) is 5.82 Å². The highest BCUT2D eigenvalue weighted by Gasteiger charge is 2.25. The van der Waals surface area contributed by atoms with Gasteiger partial charge in [0.15, 0.2) is 5.69 Å². The zero-order valence-electron chi connectivity index (χ0n) is 11.0. The topological polar surface area (TPSA) is 122 Å². The van der Waals surface area contributed by atoms with Crippen LogP contribution in [0.5, 0.6) is 0 Å². The number of nitrogen functional groups attached to an aromatic ring is 1. The van der Waals surface area contributed by atoms with Crippen LogP contribution in [-0.4, -0.2) is 36.9 Å². The van der Waals surface area contributed by atoms with Gasteiger partial charge in [0.05, 0.1) is 5.69 Å². The number of aromatic nitrogens is 5. The van der Waals surface area contributed by atoms with Crippen LogP contribution in [0.4, 0.5) is 5.82 Å². The molecule has 0 aromatic carbocycles. The van der Waals surface area contributed by atoms with Gasteiger partial charge in [-0.1, -0.05) is 5.21 Å². The van der Waals surface area contributed by atoms with E-state index in [1.807, 2.05) is 0 Å². The van der Waals surface area contributed by atoms with Gasteiger partial charge in [0.1, 0.15) is 5.60 Å². The van der Waals surface area contributed by atoms with Gasteiger partial charge in [0.25, 0.3) is 0 Å². The molecule has 9 heteroatoms. The lowest BCUT2D eigenvalue weighted by Gasteiger charge is -2.18. The minimum absolute atomic E-state index is 0.0590. The van der Waals surface area contributed by atoms with E-state index in [2.05, 4.69) is 25.3 Å². The summed E-state index contributed by atoms with van der Waals surface area (Å²) in [6.07, 6.45) is 0. The molecule has 0 unspecified atom stereocenters. The predicted molar refractivity (Wildman–Crippen MR) is 63.5 cm³/mol. The monoisotopic (exact) mass is 266 g/mol. The maximum Gasteiger partial charge on any atom is 0.361 e. The molecule has 2 aromatic rings. The molecule has 0 bridgehead atoms. The van der Waals surface area contributed by atoms with Gasteiger partial charge in [-0.05, 0) is 38.0 Å². The predicted octanol–water partition coefficient (Wildman–Crippen LogP) is 0.496. The lowest BCUT2D eigenvalue weighted by atomic mass is 10.2. The maximum atomic E-state index is 11.9. The molecule has 0 fully saturated rings. The molecule has 0 saturated carbocycles. The molecule has 2 rings (SSSR count). The molecule has 0 aliphatic carbocycles. The second-order valence-electron chi connectivity index (χ2n) is 4.91. The highest BCUT2D eigenvalue weighted by molar-refractivity contribution is 5.88. The molecule has 0 aliphatic rings. The molecule has 0 aliphatic heterocycles. The molecular weight excluding hydrogens is 252 g/mol. The van der Waals surface area contributed by atoms with Gasteiger partial charge in [0, 0.05) is 0 Å². The van der Waals surface area contributed by atoms with Crippen molar-refractivity contribution in [2.75, 3.05) is 5.73 Å². The standard InChI is InChI=1S/C10H14N6O3/c1-5-6(9(17)18-10(2,3)4)12-15-16(5)8-7(11)13-19-14-8/h1-4H3,(H2,11,13). The first-order valence-corrected chi connectivity index (χ1v) is 5.53. The first-order valence-electron chi connectivity index (χ1n) is 5.53. The number of ether oxygens (including phenoxy) is 1. The minimum atomic E-state index is -0.609. The maximum absolute atomic E-state index is 11.9. The summed E-state index contributed by atoms with van der Waals surface area (Å²) in [5.74, 6) is -0.324. The van der Waals surface area contributed by atoms with Crippen molar-refractivity contribution in [2.24, 2.45) is 0 Å². The van der Waals surface area contributed by atoms with Gasteiger partial charge in [-0.2, -0.15) is 4.68 Å². The van der Waals surface area contributed by atoms with Crippen LogP contribution in [0.3, 0.4) is 0 Å². The lowest BCUT2D eigenvalue weighted by molar-refractivity contribution is 0.00619. The number of hydrogen-bond donors (Lipinski definition) is 1. The fraction of sp³-hybridized carbons (Fsp3) is 0.500. The fourth-order valence-corrected chi connectivity index (χ4v) is 1.38. The van der Waals surface area contributed by atoms with E-state index in [1.165, 1.54) is 4.68 Å². The van der Waals surface area contributed by atoms with E-state index in [0.29, 0.717) is 5.69 Å². The zero-order chi connectivity index (χ0) is 14.2. The van der Waals surface area contributed by atoms with Crippen molar-refractivity contribution in [1.82, 2.24) is 25.3 Å². The van der Waals surface area contributed by atoms with Crippen molar-refractivity contribution in [3.63, 3.8) is 0 Å². The van der Waals surface area contributed by atoms with E-state index >= 15 is 0 Å².